The molecule has 3 aromatic rings. The van der Waals surface area contributed by atoms with E-state index in [0.29, 0.717) is 30.4 Å². The van der Waals surface area contributed by atoms with Crippen LogP contribution in [0.25, 0.3) is 5.78 Å². The summed E-state index contributed by atoms with van der Waals surface area (Å²) in [6.45, 7) is 4.74. The second-order valence-corrected chi connectivity index (χ2v) is 6.98. The molecule has 0 radical (unpaired) electrons. The molecule has 0 amide bonds. The Morgan fingerprint density at radius 3 is 2.89 bits per heavy atom. The van der Waals surface area contributed by atoms with Gasteiger partial charge in [0.15, 0.2) is 0 Å². The van der Waals surface area contributed by atoms with E-state index in [1.807, 2.05) is 6.07 Å². The van der Waals surface area contributed by atoms with Crippen molar-refractivity contribution in [2.75, 3.05) is 25.1 Å². The fourth-order valence-electron chi connectivity index (χ4n) is 3.60. The lowest BCUT2D eigenvalue weighted by atomic mass is 9.96. The van der Waals surface area contributed by atoms with E-state index >= 15 is 0 Å². The van der Waals surface area contributed by atoms with Crippen LogP contribution in [0.3, 0.4) is 0 Å². The second kappa shape index (κ2) is 7.43. The van der Waals surface area contributed by atoms with Gasteiger partial charge in [-0.1, -0.05) is 0 Å². The van der Waals surface area contributed by atoms with Gasteiger partial charge in [0.05, 0.1) is 18.6 Å². The van der Waals surface area contributed by atoms with E-state index in [-0.39, 0.29) is 5.56 Å². The number of ether oxygens (including phenoxy) is 1. The number of rotatable bonds is 5. The zero-order chi connectivity index (χ0) is 18.8. The molecular formula is C18H23N7O2. The Morgan fingerprint density at radius 2 is 2.11 bits per heavy atom. The van der Waals surface area contributed by atoms with Crippen LogP contribution in [-0.2, 0) is 17.9 Å². The maximum atomic E-state index is 12.2. The second-order valence-electron chi connectivity index (χ2n) is 6.98. The number of nitrogens with zero attached hydrogens (tertiary/aromatic N) is 7. The van der Waals surface area contributed by atoms with Crippen molar-refractivity contribution in [1.82, 2.24) is 29.1 Å². The highest BCUT2D eigenvalue weighted by Crippen LogP contribution is 2.25. The summed E-state index contributed by atoms with van der Waals surface area (Å²) in [6, 6.07) is 2.01. The van der Waals surface area contributed by atoms with Gasteiger partial charge in [0.25, 0.3) is 11.3 Å². The minimum absolute atomic E-state index is 0.0510. The van der Waals surface area contributed by atoms with Crippen molar-refractivity contribution in [2.24, 2.45) is 5.92 Å². The smallest absolute Gasteiger partial charge is 0.256 e. The average molecular weight is 369 g/mol. The highest BCUT2D eigenvalue weighted by atomic mass is 16.5. The first-order valence-corrected chi connectivity index (χ1v) is 9.10. The maximum Gasteiger partial charge on any atom is 0.256 e. The molecule has 0 aromatic carbocycles. The molecule has 1 aliphatic rings. The first-order chi connectivity index (χ1) is 13.2. The van der Waals surface area contributed by atoms with Gasteiger partial charge in [-0.25, -0.2) is 9.97 Å². The molecule has 1 aliphatic heterocycles. The molecule has 0 atom stereocenters. The van der Waals surface area contributed by atoms with Gasteiger partial charge >= 0.3 is 0 Å². The number of fused-ring (bicyclic) bond motifs is 1. The van der Waals surface area contributed by atoms with Gasteiger partial charge < -0.3 is 9.64 Å². The minimum Gasteiger partial charge on any atom is -0.378 e. The Kier molecular flexibility index (Phi) is 4.85. The van der Waals surface area contributed by atoms with E-state index in [1.54, 1.807) is 35.6 Å². The van der Waals surface area contributed by atoms with Gasteiger partial charge in [0, 0.05) is 44.6 Å². The number of aryl methyl sites for hydroxylation is 1. The molecule has 9 nitrogen and oxygen atoms in total. The molecule has 27 heavy (non-hydrogen) atoms. The average Bonchev–Trinajstić information content (AvgIpc) is 3.14. The quantitative estimate of drug-likeness (QED) is 0.664. The zero-order valence-corrected chi connectivity index (χ0v) is 15.6. The van der Waals surface area contributed by atoms with Crippen LogP contribution in [0.1, 0.15) is 24.1 Å². The SMILES string of the molecule is COCc1cc(N2CCC(Cn3cncc(C)c3=O)CC2)n2ncnc2n1. The van der Waals surface area contributed by atoms with E-state index in [0.717, 1.165) is 37.4 Å². The summed E-state index contributed by atoms with van der Waals surface area (Å²) in [5.74, 6) is 2.02. The highest BCUT2D eigenvalue weighted by Gasteiger charge is 2.23. The van der Waals surface area contributed by atoms with E-state index in [4.69, 9.17) is 4.74 Å². The third-order valence-corrected chi connectivity index (χ3v) is 5.04. The number of aromatic nitrogens is 6. The van der Waals surface area contributed by atoms with Crippen LogP contribution < -0.4 is 10.5 Å². The standard InChI is InChI=1S/C18H23N7O2/c1-13-8-19-12-24(17(13)26)9-14-3-5-23(6-4-14)16-7-15(10-27-2)22-18-20-11-21-25(16)18/h7-8,11-12,14H,3-6,9-10H2,1-2H3. The zero-order valence-electron chi connectivity index (χ0n) is 15.6. The first kappa shape index (κ1) is 17.6. The molecule has 4 heterocycles. The summed E-state index contributed by atoms with van der Waals surface area (Å²) in [4.78, 5) is 27.3. The third-order valence-electron chi connectivity index (χ3n) is 5.04. The fourth-order valence-corrected chi connectivity index (χ4v) is 3.60. The molecule has 1 fully saturated rings. The van der Waals surface area contributed by atoms with Crippen LogP contribution in [0.15, 0.2) is 29.7 Å². The topological polar surface area (TPSA) is 90.4 Å². The van der Waals surface area contributed by atoms with E-state index in [9.17, 15) is 4.79 Å². The van der Waals surface area contributed by atoms with Crippen molar-refractivity contribution in [3.63, 3.8) is 0 Å². The van der Waals surface area contributed by atoms with E-state index in [2.05, 4.69) is 25.0 Å². The van der Waals surface area contributed by atoms with Crippen molar-refractivity contribution >= 4 is 11.6 Å². The van der Waals surface area contributed by atoms with Crippen LogP contribution in [0.4, 0.5) is 5.82 Å². The Hall–Kier alpha value is -2.81. The van der Waals surface area contributed by atoms with Crippen molar-refractivity contribution in [2.45, 2.75) is 32.9 Å². The Bertz CT molecular complexity index is 989. The molecule has 0 unspecified atom stereocenters. The Balaban J connectivity index is 1.49. The molecule has 0 saturated carbocycles. The van der Waals surface area contributed by atoms with Gasteiger partial charge in [-0.05, 0) is 25.7 Å². The fraction of sp³-hybridized carbons (Fsp3) is 0.500. The number of hydrogen-bond acceptors (Lipinski definition) is 7. The minimum atomic E-state index is 0.0510. The van der Waals surface area contributed by atoms with E-state index in [1.165, 1.54) is 6.33 Å². The lowest BCUT2D eigenvalue weighted by Crippen LogP contribution is -2.37. The van der Waals surface area contributed by atoms with Crippen LogP contribution >= 0.6 is 0 Å². The van der Waals surface area contributed by atoms with Gasteiger partial charge in [-0.3, -0.25) is 9.36 Å². The maximum absolute atomic E-state index is 12.2. The summed E-state index contributed by atoms with van der Waals surface area (Å²) < 4.78 is 8.73. The largest absolute Gasteiger partial charge is 0.378 e. The number of methoxy groups -OCH3 is 1. The van der Waals surface area contributed by atoms with Crippen molar-refractivity contribution in [3.05, 3.63) is 46.5 Å². The van der Waals surface area contributed by atoms with Crippen molar-refractivity contribution < 1.29 is 4.74 Å². The van der Waals surface area contributed by atoms with Crippen LogP contribution in [0.2, 0.25) is 0 Å². The van der Waals surface area contributed by atoms with Crippen LogP contribution in [0, 0.1) is 12.8 Å². The molecule has 0 spiro atoms. The summed E-state index contributed by atoms with van der Waals surface area (Å²) >= 11 is 0. The summed E-state index contributed by atoms with van der Waals surface area (Å²) in [7, 11) is 1.66. The summed E-state index contributed by atoms with van der Waals surface area (Å²) in [5, 5.41) is 4.31. The van der Waals surface area contributed by atoms with Crippen LogP contribution in [0.5, 0.6) is 0 Å². The first-order valence-electron chi connectivity index (χ1n) is 9.10. The van der Waals surface area contributed by atoms with Gasteiger partial charge in [0.2, 0.25) is 0 Å². The Labute approximate surface area is 156 Å². The molecule has 0 aliphatic carbocycles. The number of piperidine rings is 1. The molecule has 3 aromatic heterocycles. The number of hydrogen-bond donors (Lipinski definition) is 0. The molecule has 4 rings (SSSR count). The predicted octanol–water partition coefficient (Wildman–Crippen LogP) is 1.05. The molecule has 9 heteroatoms. The monoisotopic (exact) mass is 369 g/mol. The van der Waals surface area contributed by atoms with E-state index < -0.39 is 0 Å². The lowest BCUT2D eigenvalue weighted by molar-refractivity contribution is 0.181. The lowest BCUT2D eigenvalue weighted by Gasteiger charge is -2.33. The highest BCUT2D eigenvalue weighted by molar-refractivity contribution is 5.47. The van der Waals surface area contributed by atoms with Gasteiger partial charge in [-0.2, -0.15) is 14.6 Å². The molecule has 1 saturated heterocycles. The van der Waals surface area contributed by atoms with Gasteiger partial charge in [0.1, 0.15) is 12.1 Å². The molecule has 0 bridgehead atoms. The van der Waals surface area contributed by atoms with Crippen molar-refractivity contribution in [1.29, 1.82) is 0 Å². The van der Waals surface area contributed by atoms with Gasteiger partial charge in [-0.15, -0.1) is 0 Å². The molecular weight excluding hydrogens is 346 g/mol. The van der Waals surface area contributed by atoms with Crippen LogP contribution in [-0.4, -0.2) is 49.3 Å². The third kappa shape index (κ3) is 3.55. The normalized spacial score (nSPS) is 15.6. The Morgan fingerprint density at radius 1 is 1.30 bits per heavy atom. The summed E-state index contributed by atoms with van der Waals surface area (Å²) in [5.41, 5.74) is 1.58. The van der Waals surface area contributed by atoms with Crippen molar-refractivity contribution in [3.8, 4) is 0 Å². The molecule has 0 N–H and O–H groups in total. The summed E-state index contributed by atoms with van der Waals surface area (Å²) in [6.07, 6.45) is 6.77. The predicted molar refractivity (Wildman–Crippen MR) is 99.7 cm³/mol. The molecule has 142 valence electrons. The number of anilines is 1.